The van der Waals surface area contributed by atoms with E-state index >= 15 is 0 Å². The quantitative estimate of drug-likeness (QED) is 0.508. The van der Waals surface area contributed by atoms with E-state index in [-0.39, 0.29) is 13.0 Å². The Balaban J connectivity index is 2.19. The van der Waals surface area contributed by atoms with Crippen molar-refractivity contribution < 1.29 is 29.0 Å². The Kier molecular flexibility index (Phi) is 7.46. The highest BCUT2D eigenvalue weighted by molar-refractivity contribution is 9.10. The van der Waals surface area contributed by atoms with Crippen LogP contribution in [0.4, 0.5) is 9.18 Å². The largest absolute Gasteiger partial charge is 0.465 e. The van der Waals surface area contributed by atoms with Crippen molar-refractivity contribution in [3.05, 3.63) is 34.1 Å². The van der Waals surface area contributed by atoms with E-state index in [1.54, 1.807) is 33.8 Å². The SMILES string of the molecule is C[C@H](NC(=O)[C@@H]1C[C@@H](O)CN1C(=O)C(NC(=O)O)C(C)(C)C)c1ccc(Br)c(F)c1. The summed E-state index contributed by atoms with van der Waals surface area (Å²) in [4.78, 5) is 38.3. The minimum absolute atomic E-state index is 0.0307. The van der Waals surface area contributed by atoms with Crippen LogP contribution in [0.25, 0.3) is 0 Å². The molecule has 3 amide bonds. The Morgan fingerprint density at radius 1 is 1.27 bits per heavy atom. The van der Waals surface area contributed by atoms with Crippen molar-refractivity contribution >= 4 is 33.8 Å². The van der Waals surface area contributed by atoms with Gasteiger partial charge in [-0.3, -0.25) is 9.59 Å². The lowest BCUT2D eigenvalue weighted by Crippen LogP contribution is -2.57. The molecule has 4 atom stereocenters. The summed E-state index contributed by atoms with van der Waals surface area (Å²) in [6.07, 6.45) is -2.23. The lowest BCUT2D eigenvalue weighted by atomic mass is 9.85. The molecule has 1 fully saturated rings. The number of rotatable bonds is 5. The number of halogens is 2. The van der Waals surface area contributed by atoms with Crippen LogP contribution in [-0.4, -0.2) is 57.8 Å². The maximum atomic E-state index is 13.8. The molecule has 0 spiro atoms. The lowest BCUT2D eigenvalue weighted by molar-refractivity contribution is -0.142. The number of hydrogen-bond donors (Lipinski definition) is 4. The summed E-state index contributed by atoms with van der Waals surface area (Å²) < 4.78 is 14.1. The minimum atomic E-state index is -1.35. The number of aliphatic hydroxyl groups excluding tert-OH is 1. The van der Waals surface area contributed by atoms with Gasteiger partial charge in [-0.15, -0.1) is 0 Å². The van der Waals surface area contributed by atoms with Gasteiger partial charge in [-0.2, -0.15) is 0 Å². The number of carbonyl (C=O) groups excluding carboxylic acids is 2. The first-order valence-corrected chi connectivity index (χ1v) is 10.3. The molecule has 0 radical (unpaired) electrons. The van der Waals surface area contributed by atoms with Crippen molar-refractivity contribution in [1.82, 2.24) is 15.5 Å². The Hall–Kier alpha value is -2.20. The van der Waals surface area contributed by atoms with Crippen molar-refractivity contribution in [2.75, 3.05) is 6.54 Å². The average Bonchev–Trinajstić information content (AvgIpc) is 3.02. The summed E-state index contributed by atoms with van der Waals surface area (Å²) in [6, 6.07) is 1.91. The van der Waals surface area contributed by atoms with Crippen LogP contribution in [0.3, 0.4) is 0 Å². The predicted molar refractivity (Wildman–Crippen MR) is 111 cm³/mol. The summed E-state index contributed by atoms with van der Waals surface area (Å²) in [5.41, 5.74) is -0.202. The number of aliphatic hydroxyl groups is 1. The van der Waals surface area contributed by atoms with E-state index in [9.17, 15) is 23.9 Å². The smallest absolute Gasteiger partial charge is 0.405 e. The molecule has 30 heavy (non-hydrogen) atoms. The van der Waals surface area contributed by atoms with Gasteiger partial charge in [0.2, 0.25) is 11.8 Å². The van der Waals surface area contributed by atoms with Crippen LogP contribution < -0.4 is 10.6 Å². The maximum absolute atomic E-state index is 13.8. The minimum Gasteiger partial charge on any atom is -0.465 e. The fourth-order valence-corrected chi connectivity index (χ4v) is 3.67. The molecule has 8 nitrogen and oxygen atoms in total. The molecule has 166 valence electrons. The number of hydrogen-bond acceptors (Lipinski definition) is 4. The monoisotopic (exact) mass is 487 g/mol. The summed E-state index contributed by atoms with van der Waals surface area (Å²) in [5.74, 6) is -1.54. The Morgan fingerprint density at radius 2 is 1.90 bits per heavy atom. The molecule has 0 aromatic heterocycles. The summed E-state index contributed by atoms with van der Waals surface area (Å²) in [5, 5.41) is 24.2. The molecular weight excluding hydrogens is 461 g/mol. The van der Waals surface area contributed by atoms with Gasteiger partial charge in [-0.25, -0.2) is 9.18 Å². The predicted octanol–water partition coefficient (Wildman–Crippen LogP) is 2.41. The zero-order valence-electron chi connectivity index (χ0n) is 17.3. The Labute approximate surface area is 183 Å². The van der Waals surface area contributed by atoms with Crippen LogP contribution in [0.2, 0.25) is 0 Å². The summed E-state index contributed by atoms with van der Waals surface area (Å²) >= 11 is 3.08. The first-order chi connectivity index (χ1) is 13.8. The van der Waals surface area contributed by atoms with Gasteiger partial charge in [-0.1, -0.05) is 26.8 Å². The van der Waals surface area contributed by atoms with Gasteiger partial charge < -0.3 is 25.7 Å². The topological polar surface area (TPSA) is 119 Å². The zero-order chi connectivity index (χ0) is 22.8. The van der Waals surface area contributed by atoms with E-state index in [1.807, 2.05) is 0 Å². The highest BCUT2D eigenvalue weighted by Crippen LogP contribution is 2.27. The van der Waals surface area contributed by atoms with Crippen LogP contribution in [0.1, 0.15) is 45.7 Å². The normalized spacial score (nSPS) is 21.1. The summed E-state index contributed by atoms with van der Waals surface area (Å²) in [7, 11) is 0. The molecule has 10 heteroatoms. The third-order valence-corrected chi connectivity index (χ3v) is 5.69. The fraction of sp³-hybridized carbons (Fsp3) is 0.550. The molecule has 0 bridgehead atoms. The van der Waals surface area contributed by atoms with Crippen LogP contribution in [-0.2, 0) is 9.59 Å². The third kappa shape index (κ3) is 5.69. The lowest BCUT2D eigenvalue weighted by Gasteiger charge is -2.34. The van der Waals surface area contributed by atoms with Gasteiger partial charge in [0.25, 0.3) is 0 Å². The van der Waals surface area contributed by atoms with Gasteiger partial charge in [-0.05, 0) is 46.0 Å². The molecule has 1 aliphatic heterocycles. The number of likely N-dealkylation sites (tertiary alicyclic amines) is 1. The molecule has 4 N–H and O–H groups in total. The molecule has 1 saturated heterocycles. The van der Waals surface area contributed by atoms with Crippen LogP contribution in [0.15, 0.2) is 22.7 Å². The Bertz CT molecular complexity index is 829. The number of carbonyl (C=O) groups is 3. The third-order valence-electron chi connectivity index (χ3n) is 5.05. The molecular formula is C20H27BrFN3O5. The van der Waals surface area contributed by atoms with Crippen molar-refractivity contribution in [2.45, 2.75) is 58.3 Å². The molecule has 1 unspecified atom stereocenters. The van der Waals surface area contributed by atoms with Crippen molar-refractivity contribution in [3.8, 4) is 0 Å². The van der Waals surface area contributed by atoms with Gasteiger partial charge >= 0.3 is 6.09 Å². The average molecular weight is 488 g/mol. The molecule has 2 rings (SSSR count). The highest BCUT2D eigenvalue weighted by Gasteiger charge is 2.44. The van der Waals surface area contributed by atoms with E-state index in [0.717, 1.165) is 0 Å². The molecule has 1 aromatic carbocycles. The van der Waals surface area contributed by atoms with E-state index in [4.69, 9.17) is 5.11 Å². The number of benzene rings is 1. The zero-order valence-corrected chi connectivity index (χ0v) is 18.9. The van der Waals surface area contributed by atoms with E-state index < -0.39 is 53.4 Å². The standard InChI is InChI=1S/C20H27BrFN3O5/c1-10(11-5-6-13(21)14(22)7-11)23-17(27)15-8-12(26)9-25(15)18(28)16(20(2,3)4)24-19(29)30/h5-7,10,12,15-16,24,26H,8-9H2,1-4H3,(H,23,27)(H,29,30)/t10-,12+,15-,16?/m0/s1. The summed E-state index contributed by atoms with van der Waals surface area (Å²) in [6.45, 7) is 6.72. The van der Waals surface area contributed by atoms with Crippen molar-refractivity contribution in [1.29, 1.82) is 0 Å². The Morgan fingerprint density at radius 3 is 2.43 bits per heavy atom. The van der Waals surface area contributed by atoms with Crippen molar-refractivity contribution in [2.24, 2.45) is 5.41 Å². The number of nitrogens with zero attached hydrogens (tertiary/aromatic N) is 1. The van der Waals surface area contributed by atoms with E-state index in [0.29, 0.717) is 10.0 Å². The van der Waals surface area contributed by atoms with Gasteiger partial charge in [0, 0.05) is 13.0 Å². The first-order valence-electron chi connectivity index (χ1n) is 9.54. The molecule has 1 aromatic rings. The van der Waals surface area contributed by atoms with Crippen LogP contribution >= 0.6 is 15.9 Å². The number of amides is 3. The van der Waals surface area contributed by atoms with Crippen LogP contribution in [0, 0.1) is 11.2 Å². The molecule has 1 aliphatic rings. The number of β-amino-alcohol motifs (C(OH)–C–C–N with tert-alkyl or cyclic N) is 1. The molecule has 1 heterocycles. The van der Waals surface area contributed by atoms with E-state index in [2.05, 4.69) is 26.6 Å². The molecule has 0 aliphatic carbocycles. The fourth-order valence-electron chi connectivity index (χ4n) is 3.42. The first kappa shape index (κ1) is 24.1. The van der Waals surface area contributed by atoms with Crippen molar-refractivity contribution in [3.63, 3.8) is 0 Å². The van der Waals surface area contributed by atoms with E-state index in [1.165, 1.54) is 17.0 Å². The second-order valence-corrected chi connectivity index (χ2v) is 9.40. The van der Waals surface area contributed by atoms with Gasteiger partial charge in [0.1, 0.15) is 17.9 Å². The van der Waals surface area contributed by atoms with Gasteiger partial charge in [0.15, 0.2) is 0 Å². The highest BCUT2D eigenvalue weighted by atomic mass is 79.9. The second-order valence-electron chi connectivity index (χ2n) is 8.55. The number of nitrogens with one attached hydrogen (secondary N) is 2. The van der Waals surface area contributed by atoms with Crippen LogP contribution in [0.5, 0.6) is 0 Å². The van der Waals surface area contributed by atoms with Gasteiger partial charge in [0.05, 0.1) is 16.6 Å². The number of carboxylic acid groups (broad SMARTS) is 1. The second kappa shape index (κ2) is 9.30. The maximum Gasteiger partial charge on any atom is 0.405 e. The molecule has 0 saturated carbocycles.